The summed E-state index contributed by atoms with van der Waals surface area (Å²) in [7, 11) is 0. The smallest absolute Gasteiger partial charge is 0.252 e. The van der Waals surface area contributed by atoms with E-state index in [1.807, 2.05) is 44.3 Å². The first kappa shape index (κ1) is 17.5. The molecule has 0 saturated heterocycles. The Balaban J connectivity index is 1.38. The van der Waals surface area contributed by atoms with E-state index < -0.39 is 0 Å². The predicted octanol–water partition coefficient (Wildman–Crippen LogP) is 2.78. The molecule has 4 aromatic rings. The van der Waals surface area contributed by atoms with Crippen LogP contribution in [0.5, 0.6) is 0 Å². The van der Waals surface area contributed by atoms with Crippen molar-refractivity contribution < 1.29 is 4.79 Å². The number of H-pyrrole nitrogens is 1. The minimum absolute atomic E-state index is 0.113. The fourth-order valence-corrected chi connectivity index (χ4v) is 3.35. The molecule has 0 spiro atoms. The number of benzene rings is 1. The molecule has 0 saturated carbocycles. The van der Waals surface area contributed by atoms with Gasteiger partial charge in [0.2, 0.25) is 5.91 Å². The van der Waals surface area contributed by atoms with Gasteiger partial charge < -0.3 is 10.3 Å². The molecule has 0 fully saturated rings. The molecule has 1 amide bonds. The van der Waals surface area contributed by atoms with Crippen LogP contribution < -0.4 is 5.32 Å². The molecule has 0 atom stereocenters. The van der Waals surface area contributed by atoms with E-state index in [1.54, 1.807) is 4.52 Å². The monoisotopic (exact) mass is 382 g/mol. The van der Waals surface area contributed by atoms with Crippen molar-refractivity contribution in [2.24, 2.45) is 0 Å². The van der Waals surface area contributed by atoms with Crippen LogP contribution >= 0.6 is 11.6 Å². The lowest BCUT2D eigenvalue weighted by Gasteiger charge is -2.03. The van der Waals surface area contributed by atoms with Crippen LogP contribution in [0, 0.1) is 13.8 Å². The third-order valence-electron chi connectivity index (χ3n) is 4.43. The maximum atomic E-state index is 12.2. The molecule has 0 aliphatic rings. The third kappa shape index (κ3) is 3.64. The van der Waals surface area contributed by atoms with E-state index >= 15 is 0 Å². The summed E-state index contributed by atoms with van der Waals surface area (Å²) in [4.78, 5) is 24.1. The minimum Gasteiger partial charge on any atom is -0.361 e. The van der Waals surface area contributed by atoms with E-state index in [4.69, 9.17) is 11.6 Å². The Hall–Kier alpha value is -2.93. The molecule has 0 aliphatic carbocycles. The van der Waals surface area contributed by atoms with Gasteiger partial charge in [0.15, 0.2) is 5.82 Å². The largest absolute Gasteiger partial charge is 0.361 e. The number of nitrogens with one attached hydrogen (secondary N) is 2. The van der Waals surface area contributed by atoms with E-state index in [2.05, 4.69) is 25.4 Å². The summed E-state index contributed by atoms with van der Waals surface area (Å²) in [6.45, 7) is 4.38. The number of fused-ring (bicyclic) bond motifs is 2. The second-order valence-corrected chi connectivity index (χ2v) is 7.00. The number of aryl methyl sites for hydroxylation is 2. The van der Waals surface area contributed by atoms with Gasteiger partial charge >= 0.3 is 0 Å². The van der Waals surface area contributed by atoms with Crippen LogP contribution in [0.4, 0.5) is 0 Å². The number of aromatic amines is 1. The maximum Gasteiger partial charge on any atom is 0.252 e. The summed E-state index contributed by atoms with van der Waals surface area (Å²) >= 11 is 6.07. The van der Waals surface area contributed by atoms with Crippen molar-refractivity contribution in [2.45, 2.75) is 26.7 Å². The van der Waals surface area contributed by atoms with Gasteiger partial charge in [0.25, 0.3) is 5.78 Å². The minimum atomic E-state index is -0.113. The van der Waals surface area contributed by atoms with Gasteiger partial charge in [0, 0.05) is 40.1 Å². The normalized spacial score (nSPS) is 11.4. The Labute approximate surface area is 160 Å². The van der Waals surface area contributed by atoms with Gasteiger partial charge in [-0.05, 0) is 50.1 Å². The van der Waals surface area contributed by atoms with E-state index in [1.165, 1.54) is 0 Å². The zero-order chi connectivity index (χ0) is 19.0. The number of carbonyl (C=O) groups is 1. The lowest BCUT2D eigenvalue weighted by atomic mass is 10.1. The summed E-state index contributed by atoms with van der Waals surface area (Å²) in [6, 6.07) is 7.67. The molecule has 0 radical (unpaired) electrons. The van der Waals surface area contributed by atoms with Crippen LogP contribution in [0.25, 0.3) is 16.7 Å². The summed E-state index contributed by atoms with van der Waals surface area (Å²) in [5.41, 5.74) is 3.97. The van der Waals surface area contributed by atoms with Crippen molar-refractivity contribution in [1.82, 2.24) is 29.9 Å². The molecule has 1 aromatic carbocycles. The number of rotatable bonds is 5. The van der Waals surface area contributed by atoms with Crippen molar-refractivity contribution in [2.75, 3.05) is 6.54 Å². The molecule has 138 valence electrons. The highest BCUT2D eigenvalue weighted by molar-refractivity contribution is 6.31. The predicted molar refractivity (Wildman–Crippen MR) is 104 cm³/mol. The third-order valence-corrected chi connectivity index (χ3v) is 4.66. The topological polar surface area (TPSA) is 88.0 Å². The molecule has 0 unspecified atom stereocenters. The van der Waals surface area contributed by atoms with Gasteiger partial charge in [0.05, 0.1) is 6.42 Å². The van der Waals surface area contributed by atoms with Gasteiger partial charge in [-0.1, -0.05) is 11.6 Å². The fourth-order valence-electron chi connectivity index (χ4n) is 3.18. The Morgan fingerprint density at radius 3 is 2.96 bits per heavy atom. The molecule has 0 bridgehead atoms. The Bertz CT molecular complexity index is 1150. The molecule has 27 heavy (non-hydrogen) atoms. The molecular formula is C19H19ClN6O. The van der Waals surface area contributed by atoms with Gasteiger partial charge in [0.1, 0.15) is 0 Å². The number of hydrogen-bond donors (Lipinski definition) is 2. The summed E-state index contributed by atoms with van der Waals surface area (Å²) in [5.74, 6) is 0.872. The van der Waals surface area contributed by atoms with Gasteiger partial charge in [-0.15, -0.1) is 5.10 Å². The average molecular weight is 383 g/mol. The maximum absolute atomic E-state index is 12.2. The molecule has 4 rings (SSSR count). The van der Waals surface area contributed by atoms with Crippen LogP contribution in [-0.4, -0.2) is 37.0 Å². The average Bonchev–Trinajstić information content (AvgIpc) is 3.18. The van der Waals surface area contributed by atoms with Crippen molar-refractivity contribution in [3.05, 3.63) is 58.3 Å². The lowest BCUT2D eigenvalue weighted by molar-refractivity contribution is -0.120. The zero-order valence-corrected chi connectivity index (χ0v) is 15.8. The highest BCUT2D eigenvalue weighted by Crippen LogP contribution is 2.22. The molecule has 2 N–H and O–H groups in total. The number of halogens is 1. The second-order valence-electron chi connectivity index (χ2n) is 6.56. The lowest BCUT2D eigenvalue weighted by Crippen LogP contribution is -2.27. The van der Waals surface area contributed by atoms with Crippen molar-refractivity contribution >= 4 is 34.2 Å². The Kier molecular flexibility index (Phi) is 4.53. The van der Waals surface area contributed by atoms with Crippen molar-refractivity contribution in [1.29, 1.82) is 0 Å². The highest BCUT2D eigenvalue weighted by Gasteiger charge is 2.12. The Morgan fingerprint density at radius 1 is 1.26 bits per heavy atom. The van der Waals surface area contributed by atoms with E-state index in [-0.39, 0.29) is 12.3 Å². The second kappa shape index (κ2) is 7.00. The molecule has 8 heteroatoms. The fraction of sp³-hybridized carbons (Fsp3) is 0.263. The summed E-state index contributed by atoms with van der Waals surface area (Å²) in [5, 5.41) is 9.07. The van der Waals surface area contributed by atoms with E-state index in [9.17, 15) is 4.79 Å². The first-order valence-corrected chi connectivity index (χ1v) is 9.09. The van der Waals surface area contributed by atoms with Gasteiger partial charge in [-0.2, -0.15) is 4.98 Å². The van der Waals surface area contributed by atoms with E-state index in [0.29, 0.717) is 29.6 Å². The van der Waals surface area contributed by atoms with Crippen molar-refractivity contribution in [3.63, 3.8) is 0 Å². The quantitative estimate of drug-likeness (QED) is 0.555. The molecule has 7 nitrogen and oxygen atoms in total. The SMILES string of the molecule is Cc1cc(C)n2nc(CC(=O)NCCc3c[nH]c4ccc(Cl)cc34)nc2n1. The first-order chi connectivity index (χ1) is 13.0. The highest BCUT2D eigenvalue weighted by atomic mass is 35.5. The van der Waals surface area contributed by atoms with Gasteiger partial charge in [-0.3, -0.25) is 4.79 Å². The van der Waals surface area contributed by atoms with Crippen LogP contribution in [0.15, 0.2) is 30.5 Å². The molecule has 3 heterocycles. The Morgan fingerprint density at radius 2 is 2.11 bits per heavy atom. The zero-order valence-electron chi connectivity index (χ0n) is 15.1. The molecular weight excluding hydrogens is 364 g/mol. The number of aromatic nitrogens is 5. The standard InChI is InChI=1S/C19H19ClN6O/c1-11-7-12(2)26-19(23-11)24-17(25-26)9-18(27)21-6-5-13-10-22-16-4-3-14(20)8-15(13)16/h3-4,7-8,10,22H,5-6,9H2,1-2H3,(H,21,27). The number of amides is 1. The van der Waals surface area contributed by atoms with Crippen molar-refractivity contribution in [3.8, 4) is 0 Å². The van der Waals surface area contributed by atoms with Gasteiger partial charge in [-0.25, -0.2) is 9.50 Å². The van der Waals surface area contributed by atoms with Crippen LogP contribution in [0.2, 0.25) is 5.02 Å². The van der Waals surface area contributed by atoms with Crippen LogP contribution in [-0.2, 0) is 17.6 Å². The first-order valence-electron chi connectivity index (χ1n) is 8.72. The van der Waals surface area contributed by atoms with Crippen LogP contribution in [0.1, 0.15) is 22.8 Å². The summed E-state index contributed by atoms with van der Waals surface area (Å²) in [6.07, 6.45) is 2.79. The van der Waals surface area contributed by atoms with E-state index in [0.717, 1.165) is 27.9 Å². The number of carbonyl (C=O) groups excluding carboxylic acids is 1. The molecule has 3 aromatic heterocycles. The number of nitrogens with zero attached hydrogens (tertiary/aromatic N) is 4. The number of hydrogen-bond acceptors (Lipinski definition) is 4. The molecule has 0 aliphatic heterocycles. The van der Waals surface area contributed by atoms with Crippen LogP contribution in [0.3, 0.4) is 0 Å². The summed E-state index contributed by atoms with van der Waals surface area (Å²) < 4.78 is 1.66.